The summed E-state index contributed by atoms with van der Waals surface area (Å²) in [6.45, 7) is 7.08. The van der Waals surface area contributed by atoms with Gasteiger partial charge in [-0.3, -0.25) is 0 Å². The van der Waals surface area contributed by atoms with Crippen LogP contribution in [0.1, 0.15) is 12.8 Å². The second kappa shape index (κ2) is 5.00. The minimum Gasteiger partial charge on any atom is -0.396 e. The lowest BCUT2D eigenvalue weighted by Gasteiger charge is -2.25. The van der Waals surface area contributed by atoms with E-state index in [1.807, 2.05) is 0 Å². The molecule has 1 aliphatic carbocycles. The van der Waals surface area contributed by atoms with Gasteiger partial charge in [-0.15, -0.1) is 0 Å². The van der Waals surface area contributed by atoms with E-state index in [1.54, 1.807) is 14.2 Å². The Morgan fingerprint density at radius 2 is 1.94 bits per heavy atom. The number of aliphatic hydroxyl groups excluding tert-OH is 1. The van der Waals surface area contributed by atoms with Gasteiger partial charge in [-0.25, -0.2) is 0 Å². The van der Waals surface area contributed by atoms with Crippen molar-refractivity contribution in [3.63, 3.8) is 0 Å². The lowest BCUT2D eigenvalue weighted by Crippen LogP contribution is -2.30. The van der Waals surface area contributed by atoms with Gasteiger partial charge in [0.25, 0.3) is 0 Å². The second-order valence-electron chi connectivity index (χ2n) is 5.66. The number of rotatable bonds is 4. The van der Waals surface area contributed by atoms with Crippen LogP contribution in [0.2, 0.25) is 19.6 Å². The van der Waals surface area contributed by atoms with Gasteiger partial charge in [0.15, 0.2) is 5.79 Å². The van der Waals surface area contributed by atoms with Crippen LogP contribution in [-0.4, -0.2) is 39.8 Å². The van der Waals surface area contributed by atoms with E-state index in [4.69, 9.17) is 9.47 Å². The normalized spacial score (nSPS) is 27.6. The zero-order valence-electron chi connectivity index (χ0n) is 11.0. The molecule has 0 aromatic rings. The first-order valence-corrected chi connectivity index (χ1v) is 9.36. The third-order valence-electron chi connectivity index (χ3n) is 3.14. The molecule has 0 bridgehead atoms. The summed E-state index contributed by atoms with van der Waals surface area (Å²) in [5.41, 5.74) is 3.68. The molecule has 94 valence electrons. The second-order valence-corrected chi connectivity index (χ2v) is 10.7. The molecule has 0 spiro atoms. The zero-order chi connectivity index (χ0) is 12.4. The quantitative estimate of drug-likeness (QED) is 0.608. The van der Waals surface area contributed by atoms with Gasteiger partial charge in [0.05, 0.1) is 8.07 Å². The standard InChI is InChI=1S/C12H24O3Si/c1-14-12(15-2)6-10(8-13)11(7-12)9-16(3,4)5/h9-10,13H,6-8H2,1-5H3/b11-9+. The Hall–Kier alpha value is -0.163. The summed E-state index contributed by atoms with van der Waals surface area (Å²) in [7, 11) is 2.10. The summed E-state index contributed by atoms with van der Waals surface area (Å²) >= 11 is 0. The monoisotopic (exact) mass is 244 g/mol. The van der Waals surface area contributed by atoms with Crippen molar-refractivity contribution < 1.29 is 14.6 Å². The van der Waals surface area contributed by atoms with Crippen LogP contribution in [0.25, 0.3) is 0 Å². The summed E-state index contributed by atoms with van der Waals surface area (Å²) in [5, 5.41) is 9.42. The third kappa shape index (κ3) is 3.17. The van der Waals surface area contributed by atoms with Crippen LogP contribution < -0.4 is 0 Å². The van der Waals surface area contributed by atoms with E-state index in [1.165, 1.54) is 5.57 Å². The van der Waals surface area contributed by atoms with Crippen LogP contribution in [0.15, 0.2) is 11.3 Å². The van der Waals surface area contributed by atoms with Gasteiger partial charge in [0.2, 0.25) is 0 Å². The first-order valence-electron chi connectivity index (χ1n) is 5.78. The van der Waals surface area contributed by atoms with E-state index in [9.17, 15) is 5.11 Å². The largest absolute Gasteiger partial charge is 0.396 e. The molecule has 1 atom stereocenters. The lowest BCUT2D eigenvalue weighted by atomic mass is 10.1. The molecule has 0 heterocycles. The molecule has 0 amide bonds. The van der Waals surface area contributed by atoms with Crippen molar-refractivity contribution in [2.24, 2.45) is 5.92 Å². The molecular weight excluding hydrogens is 220 g/mol. The van der Waals surface area contributed by atoms with Gasteiger partial charge < -0.3 is 14.6 Å². The summed E-state index contributed by atoms with van der Waals surface area (Å²) in [6, 6.07) is 0. The molecule has 0 saturated heterocycles. The highest BCUT2D eigenvalue weighted by Crippen LogP contribution is 2.42. The van der Waals surface area contributed by atoms with E-state index >= 15 is 0 Å². The van der Waals surface area contributed by atoms with E-state index in [-0.39, 0.29) is 12.5 Å². The molecule has 3 nitrogen and oxygen atoms in total. The summed E-state index contributed by atoms with van der Waals surface area (Å²) in [5.74, 6) is -0.314. The van der Waals surface area contributed by atoms with Crippen LogP contribution in [0.3, 0.4) is 0 Å². The van der Waals surface area contributed by atoms with Crippen molar-refractivity contribution >= 4 is 8.07 Å². The predicted octanol–water partition coefficient (Wildman–Crippen LogP) is 2.18. The highest BCUT2D eigenvalue weighted by molar-refractivity contribution is 6.81. The molecule has 1 unspecified atom stereocenters. The maximum absolute atomic E-state index is 9.42. The van der Waals surface area contributed by atoms with Gasteiger partial charge in [-0.05, 0) is 0 Å². The maximum Gasteiger partial charge on any atom is 0.171 e. The molecular formula is C12H24O3Si. The SMILES string of the molecule is COC1(OC)C/C(=C\[Si](C)(C)C)C(CO)C1. The third-order valence-corrected chi connectivity index (χ3v) is 4.37. The first kappa shape index (κ1) is 13.9. The maximum atomic E-state index is 9.42. The molecule has 0 aromatic heterocycles. The molecule has 0 radical (unpaired) electrons. The topological polar surface area (TPSA) is 38.7 Å². The number of hydrogen-bond donors (Lipinski definition) is 1. The summed E-state index contributed by atoms with van der Waals surface area (Å²) < 4.78 is 10.9. The fourth-order valence-corrected chi connectivity index (χ4v) is 3.79. The summed E-state index contributed by atoms with van der Waals surface area (Å²) in [6.07, 6.45) is 1.54. The molecule has 16 heavy (non-hydrogen) atoms. The van der Waals surface area contributed by atoms with E-state index < -0.39 is 13.9 Å². The van der Waals surface area contributed by atoms with Crippen molar-refractivity contribution in [3.8, 4) is 0 Å². The van der Waals surface area contributed by atoms with Crippen molar-refractivity contribution in [1.29, 1.82) is 0 Å². The van der Waals surface area contributed by atoms with Crippen molar-refractivity contribution in [1.82, 2.24) is 0 Å². The molecule has 0 aliphatic heterocycles. The molecule has 0 aromatic carbocycles. The molecule has 1 fully saturated rings. The average molecular weight is 244 g/mol. The minimum absolute atomic E-state index is 0.185. The Balaban J connectivity index is 2.91. The highest BCUT2D eigenvalue weighted by atomic mass is 28.3. The van der Waals surface area contributed by atoms with Gasteiger partial charge in [-0.1, -0.05) is 30.9 Å². The smallest absolute Gasteiger partial charge is 0.171 e. The van der Waals surface area contributed by atoms with Crippen LogP contribution in [0, 0.1) is 5.92 Å². The number of hydrogen-bond acceptors (Lipinski definition) is 3. The van der Waals surface area contributed by atoms with Crippen LogP contribution in [0.4, 0.5) is 0 Å². The average Bonchev–Trinajstić information content (AvgIpc) is 2.54. The fourth-order valence-electron chi connectivity index (χ4n) is 2.34. The summed E-state index contributed by atoms with van der Waals surface area (Å²) in [4.78, 5) is 0. The molecule has 1 aliphatic rings. The van der Waals surface area contributed by atoms with E-state index in [0.29, 0.717) is 0 Å². The van der Waals surface area contributed by atoms with Gasteiger partial charge in [0.1, 0.15) is 0 Å². The minimum atomic E-state index is -1.25. The van der Waals surface area contributed by atoms with Crippen molar-refractivity contribution in [2.45, 2.75) is 38.3 Å². The van der Waals surface area contributed by atoms with Gasteiger partial charge >= 0.3 is 0 Å². The highest BCUT2D eigenvalue weighted by Gasteiger charge is 2.42. The molecule has 1 N–H and O–H groups in total. The van der Waals surface area contributed by atoms with Crippen LogP contribution in [0.5, 0.6) is 0 Å². The Morgan fingerprint density at radius 3 is 2.31 bits per heavy atom. The Morgan fingerprint density at radius 1 is 1.38 bits per heavy atom. The predicted molar refractivity (Wildman–Crippen MR) is 68.0 cm³/mol. The van der Waals surface area contributed by atoms with Crippen LogP contribution >= 0.6 is 0 Å². The molecule has 4 heteroatoms. The van der Waals surface area contributed by atoms with Crippen molar-refractivity contribution in [3.05, 3.63) is 11.3 Å². The van der Waals surface area contributed by atoms with Gasteiger partial charge in [0, 0.05) is 39.6 Å². The Bertz CT molecular complexity index is 264. The van der Waals surface area contributed by atoms with Crippen LogP contribution in [-0.2, 0) is 9.47 Å². The molecule has 1 saturated carbocycles. The zero-order valence-corrected chi connectivity index (χ0v) is 12.0. The molecule has 1 rings (SSSR count). The first-order chi connectivity index (χ1) is 7.36. The van der Waals surface area contributed by atoms with Crippen molar-refractivity contribution in [2.75, 3.05) is 20.8 Å². The Kier molecular flexibility index (Phi) is 4.34. The number of aliphatic hydroxyl groups is 1. The lowest BCUT2D eigenvalue weighted by molar-refractivity contribution is -0.201. The number of methoxy groups -OCH3 is 2. The van der Waals surface area contributed by atoms with E-state index in [0.717, 1.165) is 12.8 Å². The number of ether oxygens (including phenoxy) is 2. The van der Waals surface area contributed by atoms with E-state index in [2.05, 4.69) is 25.3 Å². The van der Waals surface area contributed by atoms with Gasteiger partial charge in [-0.2, -0.15) is 0 Å². The Labute approximate surface area is 99.5 Å². The fraction of sp³-hybridized carbons (Fsp3) is 0.833.